The third-order valence-corrected chi connectivity index (χ3v) is 3.95. The van der Waals surface area contributed by atoms with Gasteiger partial charge in [-0.2, -0.15) is 0 Å². The minimum Gasteiger partial charge on any atom is -0.323 e. The summed E-state index contributed by atoms with van der Waals surface area (Å²) >= 11 is 9.34. The van der Waals surface area contributed by atoms with Gasteiger partial charge in [0.25, 0.3) is 5.91 Å². The van der Waals surface area contributed by atoms with E-state index in [1.165, 1.54) is 0 Å². The van der Waals surface area contributed by atoms with Crippen LogP contribution >= 0.6 is 27.5 Å². The summed E-state index contributed by atoms with van der Waals surface area (Å²) in [6.45, 7) is 2.21. The molecular weight excluding hydrogens is 330 g/mol. The van der Waals surface area contributed by atoms with Crippen molar-refractivity contribution in [3.05, 3.63) is 45.9 Å². The Labute approximate surface area is 125 Å². The van der Waals surface area contributed by atoms with Crippen molar-refractivity contribution in [3.63, 3.8) is 0 Å². The number of imidazole rings is 1. The molecule has 2 rings (SSSR count). The van der Waals surface area contributed by atoms with E-state index >= 15 is 0 Å². The molecule has 1 N–H and O–H groups in total. The summed E-state index contributed by atoms with van der Waals surface area (Å²) < 4.78 is 4.51. The minimum absolute atomic E-state index is 0.0889. The van der Waals surface area contributed by atoms with Gasteiger partial charge < -0.3 is 5.32 Å². The van der Waals surface area contributed by atoms with E-state index in [2.05, 4.69) is 21.2 Å². The third-order valence-electron chi connectivity index (χ3n) is 2.70. The fraction of sp³-hybridized carbons (Fsp3) is 0.231. The molecule has 0 unspecified atom stereocenters. The Morgan fingerprint density at radius 2 is 2.26 bits per heavy atom. The normalized spacial score (nSPS) is 10.5. The van der Waals surface area contributed by atoms with Crippen LogP contribution in [0.1, 0.15) is 5.56 Å². The van der Waals surface area contributed by atoms with Crippen LogP contribution in [-0.2, 0) is 18.4 Å². The van der Waals surface area contributed by atoms with Gasteiger partial charge in [0.2, 0.25) is 11.5 Å². The van der Waals surface area contributed by atoms with Crippen molar-refractivity contribution in [2.75, 3.05) is 5.32 Å². The van der Waals surface area contributed by atoms with Crippen molar-refractivity contribution < 1.29 is 9.36 Å². The van der Waals surface area contributed by atoms with Crippen LogP contribution in [0.25, 0.3) is 0 Å². The van der Waals surface area contributed by atoms with Gasteiger partial charge in [0.05, 0.1) is 7.05 Å². The quantitative estimate of drug-likeness (QED) is 0.855. The largest absolute Gasteiger partial charge is 0.323 e. The second-order valence-electron chi connectivity index (χ2n) is 4.36. The van der Waals surface area contributed by atoms with Gasteiger partial charge in [-0.25, -0.2) is 9.13 Å². The summed E-state index contributed by atoms with van der Waals surface area (Å²) in [6, 6.07) is 5.69. The first-order valence-electron chi connectivity index (χ1n) is 5.72. The molecule has 0 spiro atoms. The molecule has 1 aromatic heterocycles. The summed E-state index contributed by atoms with van der Waals surface area (Å²) in [5.74, 6) is -0.0889. The lowest BCUT2D eigenvalue weighted by Gasteiger charge is -2.05. The summed E-state index contributed by atoms with van der Waals surface area (Å²) in [5, 5.41) is 3.44. The second-order valence-corrected chi connectivity index (χ2v) is 5.60. The molecule has 0 atom stereocenters. The number of carbonyl (C=O) groups is 1. The number of rotatable bonds is 3. The van der Waals surface area contributed by atoms with Gasteiger partial charge in [0, 0.05) is 10.2 Å². The Balaban J connectivity index is 2.03. The Hall–Kier alpha value is -1.33. The fourth-order valence-electron chi connectivity index (χ4n) is 1.71. The highest BCUT2D eigenvalue weighted by molar-refractivity contribution is 9.10. The number of nitrogens with zero attached hydrogens (tertiary/aromatic N) is 2. The van der Waals surface area contributed by atoms with Crippen molar-refractivity contribution in [1.82, 2.24) is 4.57 Å². The van der Waals surface area contributed by atoms with E-state index in [4.69, 9.17) is 11.6 Å². The van der Waals surface area contributed by atoms with Crippen molar-refractivity contribution in [1.29, 1.82) is 0 Å². The van der Waals surface area contributed by atoms with Crippen LogP contribution in [-0.4, -0.2) is 10.5 Å². The number of carbonyl (C=O) groups excluding carboxylic acids is 1. The highest BCUT2D eigenvalue weighted by atomic mass is 79.9. The van der Waals surface area contributed by atoms with Gasteiger partial charge in [0.15, 0.2) is 6.54 Å². The van der Waals surface area contributed by atoms with Crippen molar-refractivity contribution >= 4 is 39.1 Å². The molecule has 1 amide bonds. The van der Waals surface area contributed by atoms with Crippen molar-refractivity contribution in [3.8, 4) is 0 Å². The maximum Gasteiger partial charge on any atom is 0.266 e. The van der Waals surface area contributed by atoms with Crippen LogP contribution in [0, 0.1) is 6.92 Å². The lowest BCUT2D eigenvalue weighted by molar-refractivity contribution is -0.683. The molecule has 4 nitrogen and oxygen atoms in total. The Morgan fingerprint density at radius 1 is 1.53 bits per heavy atom. The van der Waals surface area contributed by atoms with Crippen molar-refractivity contribution in [2.24, 2.45) is 7.05 Å². The van der Waals surface area contributed by atoms with Crippen LogP contribution in [0.4, 0.5) is 5.69 Å². The zero-order chi connectivity index (χ0) is 14.0. The van der Waals surface area contributed by atoms with E-state index in [1.807, 2.05) is 32.2 Å². The van der Waals surface area contributed by atoms with E-state index in [0.29, 0.717) is 5.15 Å². The molecule has 0 aliphatic rings. The molecule has 19 heavy (non-hydrogen) atoms. The minimum atomic E-state index is -0.0889. The number of hydrogen-bond acceptors (Lipinski definition) is 1. The number of anilines is 1. The molecule has 0 bridgehead atoms. The zero-order valence-electron chi connectivity index (χ0n) is 10.7. The Bertz CT molecular complexity index is 605. The second kappa shape index (κ2) is 5.75. The van der Waals surface area contributed by atoms with Crippen LogP contribution < -0.4 is 9.88 Å². The Kier molecular flexibility index (Phi) is 4.27. The molecule has 0 radical (unpaired) electrons. The van der Waals surface area contributed by atoms with Gasteiger partial charge in [-0.05, 0) is 42.3 Å². The van der Waals surface area contributed by atoms with Gasteiger partial charge in [-0.15, -0.1) is 0 Å². The molecule has 0 saturated heterocycles. The lowest BCUT2D eigenvalue weighted by atomic mass is 10.2. The molecule has 2 aromatic rings. The molecule has 6 heteroatoms. The van der Waals surface area contributed by atoms with Gasteiger partial charge in [-0.3, -0.25) is 4.79 Å². The van der Waals surface area contributed by atoms with Gasteiger partial charge in [-0.1, -0.05) is 15.9 Å². The van der Waals surface area contributed by atoms with Crippen LogP contribution in [0.2, 0.25) is 5.15 Å². The smallest absolute Gasteiger partial charge is 0.266 e. The summed E-state index contributed by atoms with van der Waals surface area (Å²) in [4.78, 5) is 11.9. The molecule has 0 fully saturated rings. The molecule has 1 heterocycles. The first kappa shape index (κ1) is 14.1. The number of hydrogen-bond donors (Lipinski definition) is 1. The summed E-state index contributed by atoms with van der Waals surface area (Å²) in [7, 11) is 1.83. The number of nitrogens with one attached hydrogen (secondary N) is 1. The number of halogens is 2. The first-order valence-corrected chi connectivity index (χ1v) is 6.89. The number of benzene rings is 1. The summed E-state index contributed by atoms with van der Waals surface area (Å²) in [5.41, 5.74) is 1.86. The number of aryl methyl sites for hydroxylation is 2. The van der Waals surface area contributed by atoms with E-state index in [1.54, 1.807) is 21.7 Å². The standard InChI is InChI=1S/C13H13BrClN3O/c1-9-5-10(3-4-11(9)14)16-13(19)7-18-6-12(15)17(2)8-18/h3-6,8H,7H2,1-2H3/p+1. The Morgan fingerprint density at radius 3 is 2.84 bits per heavy atom. The highest BCUT2D eigenvalue weighted by Gasteiger charge is 2.12. The lowest BCUT2D eigenvalue weighted by Crippen LogP contribution is -2.38. The molecule has 0 aliphatic carbocycles. The third kappa shape index (κ3) is 3.58. The van der Waals surface area contributed by atoms with Gasteiger partial charge >= 0.3 is 0 Å². The van der Waals surface area contributed by atoms with E-state index < -0.39 is 0 Å². The van der Waals surface area contributed by atoms with E-state index in [9.17, 15) is 4.79 Å². The maximum atomic E-state index is 11.9. The molecule has 100 valence electrons. The van der Waals surface area contributed by atoms with Crippen LogP contribution in [0.3, 0.4) is 0 Å². The zero-order valence-corrected chi connectivity index (χ0v) is 13.0. The number of amides is 1. The average molecular weight is 344 g/mol. The predicted molar refractivity (Wildman–Crippen MR) is 78.1 cm³/mol. The summed E-state index contributed by atoms with van der Waals surface area (Å²) in [6.07, 6.45) is 3.49. The molecule has 0 aliphatic heterocycles. The topological polar surface area (TPSA) is 37.9 Å². The van der Waals surface area contributed by atoms with Gasteiger partial charge in [0.1, 0.15) is 6.20 Å². The predicted octanol–water partition coefficient (Wildman–Crippen LogP) is 2.68. The fourth-order valence-corrected chi connectivity index (χ4v) is 2.13. The van der Waals surface area contributed by atoms with Crippen LogP contribution in [0.5, 0.6) is 0 Å². The van der Waals surface area contributed by atoms with E-state index in [0.717, 1.165) is 15.7 Å². The molecule has 0 saturated carbocycles. The molecule has 1 aromatic carbocycles. The average Bonchev–Trinajstić information content (AvgIpc) is 2.63. The highest BCUT2D eigenvalue weighted by Crippen LogP contribution is 2.19. The maximum absolute atomic E-state index is 11.9. The SMILES string of the molecule is Cc1cc(NC(=O)C[n+]2cc(Cl)n(C)c2)ccc1Br. The number of aromatic nitrogens is 2. The van der Waals surface area contributed by atoms with Crippen LogP contribution in [0.15, 0.2) is 35.2 Å². The van der Waals surface area contributed by atoms with Crippen molar-refractivity contribution in [2.45, 2.75) is 13.5 Å². The molecular formula is C13H14BrClN3O+. The monoisotopic (exact) mass is 342 g/mol. The first-order chi connectivity index (χ1) is 8.95. The van der Waals surface area contributed by atoms with E-state index in [-0.39, 0.29) is 12.5 Å².